The van der Waals surface area contributed by atoms with E-state index in [1.165, 1.54) is 17.0 Å². The first kappa shape index (κ1) is 16.0. The largest absolute Gasteiger partial charge is 0.487 e. The van der Waals surface area contributed by atoms with Gasteiger partial charge in [-0.1, -0.05) is 6.07 Å². The van der Waals surface area contributed by atoms with Gasteiger partial charge in [0.05, 0.1) is 18.3 Å². The van der Waals surface area contributed by atoms with E-state index < -0.39 is 0 Å². The molecular weight excluding hydrogens is 289 g/mol. The number of carbonyl (C=O) groups excluding carboxylic acids is 1. The minimum atomic E-state index is -0.377. The molecule has 0 fully saturated rings. The zero-order chi connectivity index (χ0) is 16.1. The Morgan fingerprint density at radius 2 is 2.27 bits per heavy atom. The van der Waals surface area contributed by atoms with Gasteiger partial charge in [0, 0.05) is 13.1 Å². The van der Waals surface area contributed by atoms with Gasteiger partial charge in [0.15, 0.2) is 5.69 Å². The van der Waals surface area contributed by atoms with Gasteiger partial charge in [0.25, 0.3) is 5.91 Å². The Hall–Kier alpha value is -2.41. The number of likely N-dealkylation sites (N-methyl/N-ethyl adjacent to an activating group) is 1. The van der Waals surface area contributed by atoms with E-state index >= 15 is 0 Å². The molecule has 1 aromatic heterocycles. The Bertz CT molecular complexity index is 644. The molecule has 1 amide bonds. The molecule has 1 aromatic carbocycles. The Kier molecular flexibility index (Phi) is 5.11. The number of hydrogen-bond acceptors (Lipinski definition) is 4. The van der Waals surface area contributed by atoms with Crippen molar-refractivity contribution in [3.8, 4) is 5.75 Å². The molecule has 0 saturated heterocycles. The highest BCUT2D eigenvalue weighted by Gasteiger charge is 2.19. The van der Waals surface area contributed by atoms with Crippen molar-refractivity contribution in [1.29, 1.82) is 0 Å². The number of nitrogens with one attached hydrogen (secondary N) is 1. The molecule has 6 nitrogen and oxygen atoms in total. The number of rotatable bonds is 6. The molecule has 0 spiro atoms. The Morgan fingerprint density at radius 3 is 2.95 bits per heavy atom. The van der Waals surface area contributed by atoms with E-state index in [1.807, 2.05) is 0 Å². The molecule has 118 valence electrons. The van der Waals surface area contributed by atoms with Gasteiger partial charge in [-0.05, 0) is 25.1 Å². The predicted molar refractivity (Wildman–Crippen MR) is 78.0 cm³/mol. The number of amides is 1. The van der Waals surface area contributed by atoms with Crippen molar-refractivity contribution in [1.82, 2.24) is 15.1 Å². The number of carbonyl (C=O) groups is 1. The second kappa shape index (κ2) is 7.04. The number of H-pyrrole nitrogens is 1. The Labute approximate surface area is 127 Å². The summed E-state index contributed by atoms with van der Waals surface area (Å²) in [5.74, 6) is -0.277. The first-order chi connectivity index (χ1) is 10.5. The fraction of sp³-hybridized carbons (Fsp3) is 0.333. The van der Waals surface area contributed by atoms with Crippen LogP contribution in [-0.2, 0) is 6.61 Å². The van der Waals surface area contributed by atoms with Gasteiger partial charge in [-0.3, -0.25) is 9.89 Å². The summed E-state index contributed by atoms with van der Waals surface area (Å²) in [6.45, 7) is 1.75. The van der Waals surface area contributed by atoms with Crippen molar-refractivity contribution in [3.63, 3.8) is 0 Å². The van der Waals surface area contributed by atoms with Crippen LogP contribution in [0.3, 0.4) is 0 Å². The number of halogens is 1. The SMILES string of the molecule is C[C@H](CO)N(C)C(=O)c1cc(COc2cccc(F)c2)[nH]n1. The van der Waals surface area contributed by atoms with E-state index in [4.69, 9.17) is 9.84 Å². The number of nitrogens with zero attached hydrogens (tertiary/aromatic N) is 2. The third-order valence-corrected chi connectivity index (χ3v) is 3.29. The van der Waals surface area contributed by atoms with Gasteiger partial charge in [-0.2, -0.15) is 5.10 Å². The fourth-order valence-corrected chi connectivity index (χ4v) is 1.77. The molecule has 0 saturated carbocycles. The molecule has 1 atom stereocenters. The quantitative estimate of drug-likeness (QED) is 0.849. The average molecular weight is 307 g/mol. The second-order valence-corrected chi connectivity index (χ2v) is 4.97. The maximum absolute atomic E-state index is 13.0. The maximum atomic E-state index is 13.0. The van der Waals surface area contributed by atoms with E-state index in [0.29, 0.717) is 11.4 Å². The van der Waals surface area contributed by atoms with Crippen LogP contribution in [0.4, 0.5) is 4.39 Å². The smallest absolute Gasteiger partial charge is 0.274 e. The van der Waals surface area contributed by atoms with Gasteiger partial charge < -0.3 is 14.7 Å². The van der Waals surface area contributed by atoms with E-state index in [2.05, 4.69) is 10.2 Å². The summed E-state index contributed by atoms with van der Waals surface area (Å²) in [7, 11) is 1.60. The standard InChI is InChI=1S/C15H18FN3O3/c1-10(8-20)19(2)15(21)14-7-12(17-18-14)9-22-13-5-3-4-11(16)6-13/h3-7,10,20H,8-9H2,1-2H3,(H,17,18)/t10-/m1/s1. The second-order valence-electron chi connectivity index (χ2n) is 4.97. The highest BCUT2D eigenvalue weighted by atomic mass is 19.1. The van der Waals surface area contributed by atoms with Gasteiger partial charge in [-0.15, -0.1) is 0 Å². The van der Waals surface area contributed by atoms with E-state index in [9.17, 15) is 9.18 Å². The Balaban J connectivity index is 1.98. The van der Waals surface area contributed by atoms with Crippen LogP contribution in [0.25, 0.3) is 0 Å². The zero-order valence-corrected chi connectivity index (χ0v) is 12.4. The monoisotopic (exact) mass is 307 g/mol. The van der Waals surface area contributed by atoms with Crippen LogP contribution < -0.4 is 4.74 Å². The topological polar surface area (TPSA) is 78.5 Å². The van der Waals surface area contributed by atoms with Crippen molar-refractivity contribution in [2.45, 2.75) is 19.6 Å². The lowest BCUT2D eigenvalue weighted by atomic mass is 10.2. The van der Waals surface area contributed by atoms with Crippen LogP contribution >= 0.6 is 0 Å². The molecule has 2 N–H and O–H groups in total. The molecule has 7 heteroatoms. The lowest BCUT2D eigenvalue weighted by molar-refractivity contribution is 0.0676. The zero-order valence-electron chi connectivity index (χ0n) is 12.4. The minimum Gasteiger partial charge on any atom is -0.487 e. The van der Waals surface area contributed by atoms with Crippen molar-refractivity contribution in [2.24, 2.45) is 0 Å². The summed E-state index contributed by atoms with van der Waals surface area (Å²) in [5.41, 5.74) is 0.832. The molecule has 1 heterocycles. The molecule has 0 unspecified atom stereocenters. The molecule has 0 aliphatic carbocycles. The Morgan fingerprint density at radius 1 is 1.50 bits per heavy atom. The van der Waals surface area contributed by atoms with Crippen LogP contribution in [0.1, 0.15) is 23.1 Å². The van der Waals surface area contributed by atoms with E-state index in [-0.39, 0.29) is 36.7 Å². The highest BCUT2D eigenvalue weighted by Crippen LogP contribution is 2.14. The average Bonchev–Trinajstić information content (AvgIpc) is 2.99. The summed E-state index contributed by atoms with van der Waals surface area (Å²) in [5, 5.41) is 15.7. The number of aromatic nitrogens is 2. The summed E-state index contributed by atoms with van der Waals surface area (Å²) < 4.78 is 18.4. The van der Waals surface area contributed by atoms with Crippen molar-refractivity contribution in [2.75, 3.05) is 13.7 Å². The van der Waals surface area contributed by atoms with Crippen LogP contribution in [0.2, 0.25) is 0 Å². The molecule has 0 radical (unpaired) electrons. The number of ether oxygens (including phenoxy) is 1. The third kappa shape index (κ3) is 3.82. The first-order valence-electron chi connectivity index (χ1n) is 6.82. The summed E-state index contributed by atoms with van der Waals surface area (Å²) >= 11 is 0. The summed E-state index contributed by atoms with van der Waals surface area (Å²) in [6.07, 6.45) is 0. The first-order valence-corrected chi connectivity index (χ1v) is 6.82. The molecule has 0 aliphatic heterocycles. The van der Waals surface area contributed by atoms with Crippen molar-refractivity contribution >= 4 is 5.91 Å². The number of aromatic amines is 1. The van der Waals surface area contributed by atoms with Crippen LogP contribution in [0.5, 0.6) is 5.75 Å². The number of benzene rings is 1. The van der Waals surface area contributed by atoms with E-state index in [0.717, 1.165) is 0 Å². The fourth-order valence-electron chi connectivity index (χ4n) is 1.77. The third-order valence-electron chi connectivity index (χ3n) is 3.29. The normalized spacial score (nSPS) is 12.0. The van der Waals surface area contributed by atoms with Gasteiger partial charge in [0.1, 0.15) is 18.2 Å². The number of aliphatic hydroxyl groups is 1. The lowest BCUT2D eigenvalue weighted by Crippen LogP contribution is -2.37. The number of hydrogen-bond donors (Lipinski definition) is 2. The number of aliphatic hydroxyl groups excluding tert-OH is 1. The highest BCUT2D eigenvalue weighted by molar-refractivity contribution is 5.92. The maximum Gasteiger partial charge on any atom is 0.274 e. The minimum absolute atomic E-state index is 0.123. The molecule has 22 heavy (non-hydrogen) atoms. The molecule has 2 rings (SSSR count). The van der Waals surface area contributed by atoms with Crippen LogP contribution in [0.15, 0.2) is 30.3 Å². The van der Waals surface area contributed by atoms with Crippen LogP contribution in [-0.4, -0.2) is 45.8 Å². The molecule has 0 bridgehead atoms. The van der Waals surface area contributed by atoms with Gasteiger partial charge >= 0.3 is 0 Å². The van der Waals surface area contributed by atoms with Crippen molar-refractivity contribution in [3.05, 3.63) is 47.5 Å². The summed E-state index contributed by atoms with van der Waals surface area (Å²) in [6, 6.07) is 7.08. The van der Waals surface area contributed by atoms with Gasteiger partial charge in [0.2, 0.25) is 0 Å². The van der Waals surface area contributed by atoms with E-state index in [1.54, 1.807) is 32.2 Å². The predicted octanol–water partition coefficient (Wildman–Crippen LogP) is 1.58. The molecular formula is C15H18FN3O3. The molecule has 2 aromatic rings. The summed E-state index contributed by atoms with van der Waals surface area (Å²) in [4.78, 5) is 13.5. The van der Waals surface area contributed by atoms with Crippen molar-refractivity contribution < 1.29 is 19.0 Å². The molecule has 0 aliphatic rings. The van der Waals surface area contributed by atoms with Gasteiger partial charge in [-0.25, -0.2) is 4.39 Å². The van der Waals surface area contributed by atoms with Crippen LogP contribution in [0, 0.1) is 5.82 Å². The lowest BCUT2D eigenvalue weighted by Gasteiger charge is -2.21.